The van der Waals surface area contributed by atoms with E-state index >= 15 is 0 Å². The maximum absolute atomic E-state index is 13.1. The van der Waals surface area contributed by atoms with Crippen molar-refractivity contribution in [2.24, 2.45) is 0 Å². The predicted octanol–water partition coefficient (Wildman–Crippen LogP) is 0.604. The number of aromatic nitrogens is 3. The Bertz CT molecular complexity index is 1150. The number of aryl methyl sites for hydroxylation is 1. The summed E-state index contributed by atoms with van der Waals surface area (Å²) in [6, 6.07) is 8.35. The number of likely N-dealkylation sites (tertiary alicyclic amines) is 1. The summed E-state index contributed by atoms with van der Waals surface area (Å²) in [6.07, 6.45) is 5.01. The molecule has 0 bridgehead atoms. The van der Waals surface area contributed by atoms with Gasteiger partial charge in [0.1, 0.15) is 11.3 Å². The molecule has 0 saturated carbocycles. The van der Waals surface area contributed by atoms with Crippen LogP contribution < -0.4 is 4.90 Å². The van der Waals surface area contributed by atoms with Gasteiger partial charge in [-0.25, -0.2) is 4.98 Å². The van der Waals surface area contributed by atoms with Gasteiger partial charge in [0.05, 0.1) is 44.5 Å². The normalized spacial score (nSPS) is 18.7. The number of rotatable bonds is 5. The van der Waals surface area contributed by atoms with Crippen LogP contribution in [-0.4, -0.2) is 63.3 Å². The maximum atomic E-state index is 13.1. The molecule has 1 amide bonds. The largest absolute Gasteiger partial charge is 0.505 e. The second-order valence-electron chi connectivity index (χ2n) is 7.70. The summed E-state index contributed by atoms with van der Waals surface area (Å²) in [7, 11) is 3.97. The third kappa shape index (κ3) is 3.25. The van der Waals surface area contributed by atoms with Gasteiger partial charge in [-0.1, -0.05) is 6.07 Å². The number of nitrogens with zero attached hydrogens (tertiary/aromatic N) is 4. The Balaban J connectivity index is 1.92. The van der Waals surface area contributed by atoms with Gasteiger partial charge in [0, 0.05) is 18.6 Å². The molecule has 8 nitrogen and oxygen atoms in total. The van der Waals surface area contributed by atoms with Crippen molar-refractivity contribution >= 4 is 23.1 Å². The fraction of sp³-hybridized carbons (Fsp3) is 0.273. The highest BCUT2D eigenvalue weighted by atomic mass is 16.3. The minimum Gasteiger partial charge on any atom is -0.505 e. The number of amides is 1. The number of quaternary nitrogens is 1. The lowest BCUT2D eigenvalue weighted by atomic mass is 9.97. The van der Waals surface area contributed by atoms with Gasteiger partial charge in [-0.2, -0.15) is 0 Å². The SMILES string of the molecule is Cc1nc2ccccn2c1C(O)=C1C(=O)C(=O)N(CC[NH+](C)C)[C@@H]1c1ccncc1. The van der Waals surface area contributed by atoms with Crippen molar-refractivity contribution in [3.63, 3.8) is 0 Å². The molecule has 0 unspecified atom stereocenters. The van der Waals surface area contributed by atoms with Gasteiger partial charge in [-0.3, -0.25) is 19.0 Å². The average Bonchev–Trinajstić information content (AvgIpc) is 3.20. The Morgan fingerprint density at radius 2 is 1.90 bits per heavy atom. The number of aliphatic hydroxyl groups excluding tert-OH is 1. The lowest BCUT2D eigenvalue weighted by Crippen LogP contribution is -3.06. The monoisotopic (exact) mass is 406 g/mol. The molecule has 1 fully saturated rings. The van der Waals surface area contributed by atoms with E-state index in [1.54, 1.807) is 42.0 Å². The van der Waals surface area contributed by atoms with E-state index in [2.05, 4.69) is 9.97 Å². The van der Waals surface area contributed by atoms with E-state index in [0.29, 0.717) is 30.1 Å². The smallest absolute Gasteiger partial charge is 0.295 e. The molecule has 0 radical (unpaired) electrons. The van der Waals surface area contributed by atoms with Crippen LogP contribution in [0.1, 0.15) is 23.0 Å². The lowest BCUT2D eigenvalue weighted by Gasteiger charge is -2.25. The van der Waals surface area contributed by atoms with Crippen LogP contribution in [0.5, 0.6) is 0 Å². The zero-order valence-corrected chi connectivity index (χ0v) is 17.2. The number of carbonyl (C=O) groups is 2. The Kier molecular flexibility index (Phi) is 5.09. The zero-order chi connectivity index (χ0) is 21.4. The highest BCUT2D eigenvalue weighted by Gasteiger charge is 2.46. The lowest BCUT2D eigenvalue weighted by molar-refractivity contribution is -0.857. The first-order valence-electron chi connectivity index (χ1n) is 9.81. The van der Waals surface area contributed by atoms with E-state index in [1.807, 2.05) is 32.3 Å². The predicted molar refractivity (Wildman–Crippen MR) is 111 cm³/mol. The van der Waals surface area contributed by atoms with Gasteiger partial charge in [0.25, 0.3) is 11.7 Å². The fourth-order valence-corrected chi connectivity index (χ4v) is 3.87. The van der Waals surface area contributed by atoms with Crippen LogP contribution in [-0.2, 0) is 9.59 Å². The molecule has 8 heteroatoms. The van der Waals surface area contributed by atoms with E-state index in [-0.39, 0.29) is 11.3 Å². The van der Waals surface area contributed by atoms with Gasteiger partial charge in [0.2, 0.25) is 0 Å². The number of ketones is 1. The molecular weight excluding hydrogens is 382 g/mol. The molecule has 1 aliphatic rings. The van der Waals surface area contributed by atoms with Crippen molar-refractivity contribution in [2.75, 3.05) is 27.2 Å². The van der Waals surface area contributed by atoms with Crippen LogP contribution in [0.4, 0.5) is 0 Å². The Morgan fingerprint density at radius 1 is 1.17 bits per heavy atom. The highest BCUT2D eigenvalue weighted by molar-refractivity contribution is 6.46. The third-order valence-electron chi connectivity index (χ3n) is 5.34. The zero-order valence-electron chi connectivity index (χ0n) is 17.2. The standard InChI is InChI=1S/C22H23N5O3/c1-14-18(26-11-5-4-6-16(26)24-14)20(28)17-19(15-7-9-23-10-8-15)27(13-12-25(2)3)22(30)21(17)29/h4-11,19,28H,12-13H2,1-3H3/p+1/t19-/m1/s1. The molecule has 3 aromatic heterocycles. The van der Waals surface area contributed by atoms with Crippen LogP contribution >= 0.6 is 0 Å². The molecule has 1 atom stereocenters. The summed E-state index contributed by atoms with van der Waals surface area (Å²) >= 11 is 0. The third-order valence-corrected chi connectivity index (χ3v) is 5.34. The van der Waals surface area contributed by atoms with Crippen LogP contribution in [0, 0.1) is 6.92 Å². The highest BCUT2D eigenvalue weighted by Crippen LogP contribution is 2.39. The summed E-state index contributed by atoms with van der Waals surface area (Å²) in [5.41, 5.74) is 2.46. The number of Topliss-reactive ketones (excluding diaryl/α,β-unsaturated/α-hetero) is 1. The summed E-state index contributed by atoms with van der Waals surface area (Å²) in [4.78, 5) is 37.2. The fourth-order valence-electron chi connectivity index (χ4n) is 3.87. The molecule has 154 valence electrons. The molecule has 4 rings (SSSR count). The van der Waals surface area contributed by atoms with Crippen LogP contribution in [0.3, 0.4) is 0 Å². The number of nitrogens with one attached hydrogen (secondary N) is 1. The Labute approximate surface area is 174 Å². The number of pyridine rings is 2. The van der Waals surface area contributed by atoms with Crippen molar-refractivity contribution < 1.29 is 19.6 Å². The molecule has 0 spiro atoms. The van der Waals surface area contributed by atoms with E-state index in [4.69, 9.17) is 0 Å². The summed E-state index contributed by atoms with van der Waals surface area (Å²) in [5, 5.41) is 11.3. The summed E-state index contributed by atoms with van der Waals surface area (Å²) < 4.78 is 1.73. The molecule has 2 N–H and O–H groups in total. The minimum atomic E-state index is -0.687. The van der Waals surface area contributed by atoms with Crippen molar-refractivity contribution in [3.8, 4) is 0 Å². The van der Waals surface area contributed by atoms with Crippen molar-refractivity contribution in [3.05, 3.63) is 71.4 Å². The summed E-state index contributed by atoms with van der Waals surface area (Å²) in [5.74, 6) is -1.51. The molecule has 0 aliphatic carbocycles. The van der Waals surface area contributed by atoms with E-state index in [1.165, 1.54) is 4.90 Å². The van der Waals surface area contributed by atoms with E-state index in [9.17, 15) is 14.7 Å². The Morgan fingerprint density at radius 3 is 2.60 bits per heavy atom. The second-order valence-corrected chi connectivity index (χ2v) is 7.70. The van der Waals surface area contributed by atoms with E-state index < -0.39 is 17.7 Å². The van der Waals surface area contributed by atoms with Gasteiger partial charge in [-0.15, -0.1) is 0 Å². The van der Waals surface area contributed by atoms with Gasteiger partial charge in [0.15, 0.2) is 5.76 Å². The van der Waals surface area contributed by atoms with Gasteiger partial charge >= 0.3 is 0 Å². The first-order chi connectivity index (χ1) is 14.4. The number of hydrogen-bond acceptors (Lipinski definition) is 5. The molecule has 30 heavy (non-hydrogen) atoms. The molecule has 1 aliphatic heterocycles. The second kappa shape index (κ2) is 7.72. The number of carbonyl (C=O) groups excluding carboxylic acids is 2. The summed E-state index contributed by atoms with van der Waals surface area (Å²) in [6.45, 7) is 2.83. The number of fused-ring (bicyclic) bond motifs is 1. The minimum absolute atomic E-state index is 0.0775. The number of imidazole rings is 1. The average molecular weight is 406 g/mol. The Hall–Kier alpha value is -3.52. The molecule has 3 aromatic rings. The van der Waals surface area contributed by atoms with Crippen LogP contribution in [0.15, 0.2) is 54.5 Å². The molecule has 1 saturated heterocycles. The topological polar surface area (TPSA) is 92.2 Å². The quantitative estimate of drug-likeness (QED) is 0.368. The number of hydrogen-bond donors (Lipinski definition) is 2. The van der Waals surface area contributed by atoms with E-state index in [0.717, 1.165) is 10.5 Å². The van der Waals surface area contributed by atoms with Crippen molar-refractivity contribution in [1.29, 1.82) is 0 Å². The van der Waals surface area contributed by atoms with Crippen LogP contribution in [0.2, 0.25) is 0 Å². The maximum Gasteiger partial charge on any atom is 0.295 e. The number of aliphatic hydroxyl groups is 1. The van der Waals surface area contributed by atoms with Crippen molar-refractivity contribution in [2.45, 2.75) is 13.0 Å². The molecule has 0 aromatic carbocycles. The van der Waals surface area contributed by atoms with Crippen molar-refractivity contribution in [1.82, 2.24) is 19.3 Å². The number of likely N-dealkylation sites (N-methyl/N-ethyl adjacent to an activating group) is 1. The first-order valence-corrected chi connectivity index (χ1v) is 9.81. The van der Waals surface area contributed by atoms with Crippen LogP contribution in [0.25, 0.3) is 11.4 Å². The van der Waals surface area contributed by atoms with Gasteiger partial charge in [-0.05, 0) is 36.8 Å². The van der Waals surface area contributed by atoms with Gasteiger partial charge < -0.3 is 14.9 Å². The first kappa shape index (κ1) is 19.8. The molecule has 4 heterocycles. The molecular formula is C22H24N5O3+.